The Kier molecular flexibility index (Phi) is 7.22. The molecule has 2 aliphatic rings. The maximum absolute atomic E-state index is 12.5. The van der Waals surface area contributed by atoms with Crippen LogP contribution in [0.3, 0.4) is 0 Å². The molecule has 1 amide bonds. The number of carbonyl (C=O) groups is 1. The van der Waals surface area contributed by atoms with Crippen molar-refractivity contribution in [1.29, 1.82) is 0 Å². The van der Waals surface area contributed by atoms with Gasteiger partial charge < -0.3 is 19.3 Å². The van der Waals surface area contributed by atoms with Gasteiger partial charge in [0.1, 0.15) is 11.9 Å². The highest BCUT2D eigenvalue weighted by atomic mass is 35.5. The monoisotopic (exact) mass is 422 g/mol. The van der Waals surface area contributed by atoms with Gasteiger partial charge in [-0.05, 0) is 37.8 Å². The van der Waals surface area contributed by atoms with Crippen LogP contribution in [0.15, 0.2) is 24.3 Å². The number of rotatable bonds is 4. The number of likely N-dealkylation sites (N-methyl/N-ethyl adjacent to an activating group) is 1. The molecule has 0 aromatic heterocycles. The van der Waals surface area contributed by atoms with E-state index in [9.17, 15) is 18.0 Å². The molecule has 28 heavy (non-hydrogen) atoms. The Hall–Kier alpha value is -1.51. The molecule has 1 aromatic rings. The van der Waals surface area contributed by atoms with Crippen molar-refractivity contribution in [1.82, 2.24) is 9.80 Å². The van der Waals surface area contributed by atoms with Crippen molar-refractivity contribution in [3.05, 3.63) is 29.8 Å². The molecule has 0 N–H and O–H groups in total. The molecule has 2 heterocycles. The first kappa shape index (κ1) is 22.8. The minimum Gasteiger partial charge on any atom is -0.406 e. The van der Waals surface area contributed by atoms with Crippen LogP contribution in [0.25, 0.3) is 0 Å². The first-order valence-corrected chi connectivity index (χ1v) is 9.16. The zero-order chi connectivity index (χ0) is 19.7. The van der Waals surface area contributed by atoms with E-state index in [-0.39, 0.29) is 29.7 Å². The van der Waals surface area contributed by atoms with Gasteiger partial charge in [-0.1, -0.05) is 18.2 Å². The molecule has 1 atom stereocenters. The third-order valence-electron chi connectivity index (χ3n) is 5.34. The molecule has 2 aliphatic heterocycles. The van der Waals surface area contributed by atoms with Crippen molar-refractivity contribution in [2.75, 3.05) is 33.2 Å². The molecule has 3 rings (SSSR count). The van der Waals surface area contributed by atoms with E-state index in [1.54, 1.807) is 31.0 Å². The lowest BCUT2D eigenvalue weighted by Crippen LogP contribution is -2.60. The summed E-state index contributed by atoms with van der Waals surface area (Å²) in [5.41, 5.74) is 0.235. The van der Waals surface area contributed by atoms with Crippen molar-refractivity contribution >= 4 is 18.3 Å². The Morgan fingerprint density at radius 1 is 1.25 bits per heavy atom. The summed E-state index contributed by atoms with van der Waals surface area (Å²) in [6.07, 6.45) is -3.03. The van der Waals surface area contributed by atoms with Gasteiger partial charge in [-0.3, -0.25) is 4.79 Å². The molecule has 158 valence electrons. The quantitative estimate of drug-likeness (QED) is 0.747. The van der Waals surface area contributed by atoms with Gasteiger partial charge in [0.25, 0.3) is 5.91 Å². The van der Waals surface area contributed by atoms with E-state index < -0.39 is 12.5 Å². The predicted molar refractivity (Wildman–Crippen MR) is 101 cm³/mol. The SMILES string of the molecule is C[C@H]1OC2(CCN(CCc3ccccc3OC(F)(F)F)CC2)CN(C)C1=O.Cl. The van der Waals surface area contributed by atoms with E-state index in [2.05, 4.69) is 9.64 Å². The topological polar surface area (TPSA) is 42.0 Å². The summed E-state index contributed by atoms with van der Waals surface area (Å²) in [4.78, 5) is 15.9. The molecule has 2 saturated heterocycles. The molecule has 2 fully saturated rings. The normalized spacial score (nSPS) is 22.8. The van der Waals surface area contributed by atoms with Crippen LogP contribution >= 0.6 is 12.4 Å². The second-order valence-corrected chi connectivity index (χ2v) is 7.38. The summed E-state index contributed by atoms with van der Waals surface area (Å²) < 4.78 is 47.7. The predicted octanol–water partition coefficient (Wildman–Crippen LogP) is 3.26. The average molecular weight is 423 g/mol. The first-order valence-electron chi connectivity index (χ1n) is 9.16. The van der Waals surface area contributed by atoms with Crippen LogP contribution in [-0.4, -0.2) is 67.0 Å². The maximum atomic E-state index is 12.5. The minimum atomic E-state index is -4.69. The lowest BCUT2D eigenvalue weighted by Gasteiger charge is -2.48. The Balaban J connectivity index is 0.00000280. The van der Waals surface area contributed by atoms with Crippen LogP contribution < -0.4 is 4.74 Å². The number of likely N-dealkylation sites (tertiary alicyclic amines) is 1. The Labute approximate surface area is 169 Å². The Bertz CT molecular complexity index is 663. The molecular weight excluding hydrogens is 397 g/mol. The van der Waals surface area contributed by atoms with E-state index in [0.717, 1.165) is 25.9 Å². The summed E-state index contributed by atoms with van der Waals surface area (Å²) in [5, 5.41) is 0. The molecule has 1 aromatic carbocycles. The van der Waals surface area contributed by atoms with Crippen molar-refractivity contribution in [2.24, 2.45) is 0 Å². The molecule has 0 aliphatic carbocycles. The van der Waals surface area contributed by atoms with E-state index in [4.69, 9.17) is 4.74 Å². The second kappa shape index (κ2) is 8.88. The highest BCUT2D eigenvalue weighted by Gasteiger charge is 2.44. The molecule has 0 saturated carbocycles. The number of halogens is 4. The first-order chi connectivity index (χ1) is 12.7. The summed E-state index contributed by atoms with van der Waals surface area (Å²) >= 11 is 0. The van der Waals surface area contributed by atoms with E-state index in [1.807, 2.05) is 0 Å². The summed E-state index contributed by atoms with van der Waals surface area (Å²) in [6.45, 7) is 4.60. The third kappa shape index (κ3) is 5.52. The number of ether oxygens (including phenoxy) is 2. The van der Waals surface area contributed by atoms with E-state index in [0.29, 0.717) is 25.1 Å². The van der Waals surface area contributed by atoms with Crippen LogP contribution in [0.4, 0.5) is 13.2 Å². The molecule has 0 bridgehead atoms. The molecule has 9 heteroatoms. The molecule has 1 spiro atoms. The zero-order valence-corrected chi connectivity index (χ0v) is 16.8. The molecule has 0 unspecified atom stereocenters. The third-order valence-corrected chi connectivity index (χ3v) is 5.34. The fraction of sp³-hybridized carbons (Fsp3) is 0.632. The number of para-hydroxylation sites is 1. The van der Waals surface area contributed by atoms with Crippen LogP contribution in [0.2, 0.25) is 0 Å². The van der Waals surface area contributed by atoms with Gasteiger partial charge in [-0.2, -0.15) is 0 Å². The van der Waals surface area contributed by atoms with Gasteiger partial charge >= 0.3 is 6.36 Å². The Morgan fingerprint density at radius 2 is 1.89 bits per heavy atom. The largest absolute Gasteiger partial charge is 0.573 e. The number of nitrogens with zero attached hydrogens (tertiary/aromatic N) is 2. The number of morpholine rings is 1. The van der Waals surface area contributed by atoms with E-state index >= 15 is 0 Å². The second-order valence-electron chi connectivity index (χ2n) is 7.38. The molecule has 5 nitrogen and oxygen atoms in total. The van der Waals surface area contributed by atoms with Gasteiger partial charge in [-0.15, -0.1) is 25.6 Å². The van der Waals surface area contributed by atoms with Gasteiger partial charge in [-0.25, -0.2) is 0 Å². The number of carbonyl (C=O) groups excluding carboxylic acids is 1. The smallest absolute Gasteiger partial charge is 0.406 e. The fourth-order valence-corrected chi connectivity index (χ4v) is 3.96. The number of hydrogen-bond acceptors (Lipinski definition) is 4. The summed E-state index contributed by atoms with van der Waals surface area (Å²) in [7, 11) is 1.80. The van der Waals surface area contributed by atoms with Crippen molar-refractivity contribution < 1.29 is 27.4 Å². The van der Waals surface area contributed by atoms with Gasteiger partial charge in [0.2, 0.25) is 0 Å². The van der Waals surface area contributed by atoms with Crippen molar-refractivity contribution in [3.8, 4) is 5.75 Å². The summed E-state index contributed by atoms with van der Waals surface area (Å²) in [5.74, 6) is -0.132. The average Bonchev–Trinajstić information content (AvgIpc) is 2.59. The van der Waals surface area contributed by atoms with Gasteiger partial charge in [0, 0.05) is 33.2 Å². The summed E-state index contributed by atoms with van der Waals surface area (Å²) in [6, 6.07) is 6.26. The van der Waals surface area contributed by atoms with Crippen LogP contribution in [0, 0.1) is 0 Å². The highest BCUT2D eigenvalue weighted by Crippen LogP contribution is 2.33. The van der Waals surface area contributed by atoms with Gasteiger partial charge in [0.15, 0.2) is 0 Å². The van der Waals surface area contributed by atoms with Crippen molar-refractivity contribution in [2.45, 2.75) is 44.3 Å². The lowest BCUT2D eigenvalue weighted by atomic mass is 9.88. The van der Waals surface area contributed by atoms with E-state index in [1.165, 1.54) is 12.1 Å². The van der Waals surface area contributed by atoms with Crippen LogP contribution in [-0.2, 0) is 16.0 Å². The maximum Gasteiger partial charge on any atom is 0.573 e. The van der Waals surface area contributed by atoms with Crippen LogP contribution in [0.1, 0.15) is 25.3 Å². The van der Waals surface area contributed by atoms with Crippen LogP contribution in [0.5, 0.6) is 5.75 Å². The zero-order valence-electron chi connectivity index (χ0n) is 16.0. The number of amides is 1. The minimum absolute atomic E-state index is 0. The Morgan fingerprint density at radius 3 is 2.50 bits per heavy atom. The number of alkyl halides is 3. The van der Waals surface area contributed by atoms with Gasteiger partial charge in [0.05, 0.1) is 5.60 Å². The lowest BCUT2D eigenvalue weighted by molar-refractivity contribution is -0.274. The number of benzene rings is 1. The molecule has 0 radical (unpaired) electrons. The number of hydrogen-bond donors (Lipinski definition) is 0. The number of piperidine rings is 1. The van der Waals surface area contributed by atoms with Crippen molar-refractivity contribution in [3.63, 3.8) is 0 Å². The standard InChI is InChI=1S/C19H25F3N2O3.ClH/c1-14-17(25)23(2)13-18(26-14)8-11-24(12-9-18)10-7-15-5-3-4-6-16(15)27-19(20,21)22;/h3-6,14H,7-13H2,1-2H3;1H/t14-;/m1./s1. The fourth-order valence-electron chi connectivity index (χ4n) is 3.96. The highest BCUT2D eigenvalue weighted by molar-refractivity contribution is 5.85. The molecular formula is C19H26ClF3N2O3.